The number of fused-ring (bicyclic) bond motifs is 2. The first kappa shape index (κ1) is 26.5. The second-order valence-electron chi connectivity index (χ2n) is 9.93. The number of nitrogens with zero attached hydrogens (tertiary/aromatic N) is 3. The van der Waals surface area contributed by atoms with Gasteiger partial charge < -0.3 is 30.3 Å². The highest BCUT2D eigenvalue weighted by Crippen LogP contribution is 2.39. The van der Waals surface area contributed by atoms with Crippen molar-refractivity contribution in [2.24, 2.45) is 0 Å². The van der Waals surface area contributed by atoms with Gasteiger partial charge in [0.05, 0.1) is 35.3 Å². The van der Waals surface area contributed by atoms with Gasteiger partial charge in [0.1, 0.15) is 12.1 Å². The summed E-state index contributed by atoms with van der Waals surface area (Å²) in [6.45, 7) is 4.09. The Balaban J connectivity index is 1.32. The van der Waals surface area contributed by atoms with E-state index in [1.165, 1.54) is 12.5 Å². The zero-order chi connectivity index (χ0) is 29.4. The van der Waals surface area contributed by atoms with Crippen molar-refractivity contribution < 1.29 is 14.0 Å². The monoisotopic (exact) mass is 560 g/mol. The zero-order valence-corrected chi connectivity index (χ0v) is 23.2. The van der Waals surface area contributed by atoms with Gasteiger partial charge in [-0.1, -0.05) is 18.2 Å². The second kappa shape index (κ2) is 10.7. The van der Waals surface area contributed by atoms with Crippen molar-refractivity contribution in [1.29, 1.82) is 5.41 Å². The minimum atomic E-state index is -0.309. The Morgan fingerprint density at radius 1 is 1.14 bits per heavy atom. The highest BCUT2D eigenvalue weighted by atomic mass is 16.3. The summed E-state index contributed by atoms with van der Waals surface area (Å²) in [6, 6.07) is 12.7. The summed E-state index contributed by atoms with van der Waals surface area (Å²) in [6.07, 6.45) is 8.06. The standard InChI is InChI=1S/C31H28N8O3/c1-17-13-35-31(37-26(32)12-18(2)33-3)38-27(17)22-14-34-28-20(22)6-5-9-25(28)39-15-23-21(30(39)41)7-4-8-24(23)36-29(40)19-10-11-42-16-19/h4-14,16,33-34H,15H2,1-3H3,(H,36,40)(H2,32,35,37,38)/b18-12-. The maximum absolute atomic E-state index is 13.6. The third-order valence-corrected chi connectivity index (χ3v) is 7.21. The number of furan rings is 1. The van der Waals surface area contributed by atoms with Gasteiger partial charge in [0, 0.05) is 52.9 Å². The summed E-state index contributed by atoms with van der Waals surface area (Å²) in [5, 5.41) is 17.9. The van der Waals surface area contributed by atoms with Gasteiger partial charge in [-0.25, -0.2) is 9.97 Å². The van der Waals surface area contributed by atoms with Crippen LogP contribution in [0.2, 0.25) is 0 Å². The summed E-state index contributed by atoms with van der Waals surface area (Å²) in [5.74, 6) is 0.00415. The number of aromatic nitrogens is 3. The fourth-order valence-corrected chi connectivity index (χ4v) is 5.01. The zero-order valence-electron chi connectivity index (χ0n) is 23.2. The van der Waals surface area contributed by atoms with Crippen LogP contribution in [0.15, 0.2) is 83.6 Å². The van der Waals surface area contributed by atoms with Gasteiger partial charge >= 0.3 is 0 Å². The number of aromatic amines is 1. The van der Waals surface area contributed by atoms with Gasteiger partial charge in [-0.2, -0.15) is 0 Å². The van der Waals surface area contributed by atoms with Crippen LogP contribution in [-0.2, 0) is 6.54 Å². The molecule has 0 radical (unpaired) electrons. The lowest BCUT2D eigenvalue weighted by atomic mass is 10.1. The van der Waals surface area contributed by atoms with E-state index in [0.717, 1.165) is 33.3 Å². The van der Waals surface area contributed by atoms with Crippen LogP contribution in [0.3, 0.4) is 0 Å². The van der Waals surface area contributed by atoms with Gasteiger partial charge in [0.25, 0.3) is 11.8 Å². The molecule has 0 atom stereocenters. The normalized spacial score (nSPS) is 12.9. The Bertz CT molecular complexity index is 1890. The average molecular weight is 561 g/mol. The molecule has 0 spiro atoms. The third-order valence-electron chi connectivity index (χ3n) is 7.21. The molecule has 1 aliphatic rings. The quantitative estimate of drug-likeness (QED) is 0.131. The Morgan fingerprint density at radius 3 is 2.76 bits per heavy atom. The lowest BCUT2D eigenvalue weighted by molar-refractivity contribution is 0.0994. The van der Waals surface area contributed by atoms with Crippen molar-refractivity contribution in [3.8, 4) is 11.3 Å². The second-order valence-corrected chi connectivity index (χ2v) is 9.93. The number of carbonyl (C=O) groups excluding carboxylic acids is 2. The molecule has 0 saturated carbocycles. The summed E-state index contributed by atoms with van der Waals surface area (Å²) >= 11 is 0. The van der Waals surface area contributed by atoms with Crippen molar-refractivity contribution in [3.05, 3.63) is 101 Å². The number of H-pyrrole nitrogens is 1. The number of hydrogen-bond donors (Lipinski definition) is 5. The third kappa shape index (κ3) is 4.77. The van der Waals surface area contributed by atoms with Crippen LogP contribution in [0.5, 0.6) is 0 Å². The van der Waals surface area contributed by atoms with Crippen LogP contribution in [0.4, 0.5) is 17.3 Å². The molecule has 0 fully saturated rings. The molecule has 11 nitrogen and oxygen atoms in total. The van der Waals surface area contributed by atoms with Gasteiger partial charge in [0.15, 0.2) is 0 Å². The van der Waals surface area contributed by atoms with Crippen LogP contribution in [0.25, 0.3) is 22.2 Å². The minimum Gasteiger partial charge on any atom is -0.472 e. The van der Waals surface area contributed by atoms with E-state index in [9.17, 15) is 9.59 Å². The number of carbonyl (C=O) groups is 2. The van der Waals surface area contributed by atoms with E-state index < -0.39 is 0 Å². The summed E-state index contributed by atoms with van der Waals surface area (Å²) < 4.78 is 5.03. The first-order valence-corrected chi connectivity index (χ1v) is 13.3. The SMILES string of the molecule is CN/C(C)=C\C(=N)Nc1ncc(C)c(-c2c[nH]c3c(N4Cc5c(NC(=O)c6ccoc6)cccc5C4=O)cccc23)n1. The number of amides is 2. The molecule has 1 aliphatic heterocycles. The van der Waals surface area contributed by atoms with Crippen LogP contribution >= 0.6 is 0 Å². The number of nitrogens with one attached hydrogen (secondary N) is 5. The molecule has 2 aromatic carbocycles. The first-order valence-electron chi connectivity index (χ1n) is 13.3. The molecule has 5 N–H and O–H groups in total. The first-order chi connectivity index (χ1) is 20.3. The molecule has 5 aromatic rings. The lowest BCUT2D eigenvalue weighted by Gasteiger charge is -2.17. The van der Waals surface area contributed by atoms with E-state index in [0.29, 0.717) is 40.7 Å². The Morgan fingerprint density at radius 2 is 1.98 bits per heavy atom. The summed E-state index contributed by atoms with van der Waals surface area (Å²) in [4.78, 5) is 40.4. The molecular formula is C31H28N8O3. The fraction of sp³-hybridized carbons (Fsp3) is 0.129. The molecule has 0 aliphatic carbocycles. The molecule has 6 rings (SSSR count). The van der Waals surface area contributed by atoms with Gasteiger partial charge in [-0.05, 0) is 49.8 Å². The molecule has 11 heteroatoms. The highest BCUT2D eigenvalue weighted by molar-refractivity contribution is 6.16. The van der Waals surface area contributed by atoms with Crippen molar-refractivity contribution in [2.45, 2.75) is 20.4 Å². The predicted octanol–water partition coefficient (Wildman–Crippen LogP) is 5.45. The van der Waals surface area contributed by atoms with Crippen LogP contribution in [0, 0.1) is 12.3 Å². The van der Waals surface area contributed by atoms with E-state index in [4.69, 9.17) is 14.8 Å². The van der Waals surface area contributed by atoms with Crippen LogP contribution < -0.4 is 20.9 Å². The molecule has 0 saturated heterocycles. The largest absolute Gasteiger partial charge is 0.472 e. The molecule has 42 heavy (non-hydrogen) atoms. The fourth-order valence-electron chi connectivity index (χ4n) is 5.01. The number of allylic oxidation sites excluding steroid dienone is 1. The maximum atomic E-state index is 13.6. The minimum absolute atomic E-state index is 0.152. The molecule has 2 amide bonds. The number of para-hydroxylation sites is 1. The molecule has 4 heterocycles. The van der Waals surface area contributed by atoms with E-state index in [1.54, 1.807) is 48.5 Å². The summed E-state index contributed by atoms with van der Waals surface area (Å²) in [7, 11) is 1.79. The number of hydrogen-bond acceptors (Lipinski definition) is 7. The van der Waals surface area contributed by atoms with Crippen molar-refractivity contribution in [1.82, 2.24) is 20.3 Å². The lowest BCUT2D eigenvalue weighted by Crippen LogP contribution is -2.23. The Labute approximate surface area is 241 Å². The van der Waals surface area contributed by atoms with Crippen LogP contribution in [0.1, 0.15) is 38.8 Å². The predicted molar refractivity (Wildman–Crippen MR) is 162 cm³/mol. The van der Waals surface area contributed by atoms with Gasteiger partial charge in [-0.3, -0.25) is 15.0 Å². The van der Waals surface area contributed by atoms with Crippen molar-refractivity contribution >= 4 is 45.9 Å². The molecule has 3 aromatic heterocycles. The highest BCUT2D eigenvalue weighted by Gasteiger charge is 2.32. The molecule has 0 bridgehead atoms. The molecule has 0 unspecified atom stereocenters. The maximum Gasteiger partial charge on any atom is 0.259 e. The smallest absolute Gasteiger partial charge is 0.259 e. The van der Waals surface area contributed by atoms with E-state index in [-0.39, 0.29) is 17.6 Å². The van der Waals surface area contributed by atoms with E-state index >= 15 is 0 Å². The molecule has 210 valence electrons. The topological polar surface area (TPSA) is 152 Å². The Hall–Kier alpha value is -5.71. The average Bonchev–Trinajstić information content (AvgIpc) is 3.74. The van der Waals surface area contributed by atoms with E-state index in [2.05, 4.69) is 25.9 Å². The van der Waals surface area contributed by atoms with E-state index in [1.807, 2.05) is 38.2 Å². The Kier molecular flexibility index (Phi) is 6.75. The number of rotatable bonds is 7. The van der Waals surface area contributed by atoms with Crippen LogP contribution in [-0.4, -0.2) is 39.6 Å². The number of aryl methyl sites for hydroxylation is 1. The number of amidine groups is 1. The van der Waals surface area contributed by atoms with Crippen molar-refractivity contribution in [3.63, 3.8) is 0 Å². The molecular weight excluding hydrogens is 532 g/mol. The van der Waals surface area contributed by atoms with Gasteiger partial charge in [0.2, 0.25) is 5.95 Å². The van der Waals surface area contributed by atoms with Gasteiger partial charge in [-0.15, -0.1) is 0 Å². The van der Waals surface area contributed by atoms with Crippen molar-refractivity contribution in [2.75, 3.05) is 22.6 Å². The number of anilines is 3. The number of benzene rings is 2. The summed E-state index contributed by atoms with van der Waals surface area (Å²) in [5.41, 5.74) is 7.01.